The molecule has 1 heterocycles. The average Bonchev–Trinajstić information content (AvgIpc) is 2.75. The van der Waals surface area contributed by atoms with E-state index in [1.54, 1.807) is 6.92 Å². The minimum Gasteiger partial charge on any atom is -0.340 e. The van der Waals surface area contributed by atoms with Crippen LogP contribution in [0.1, 0.15) is 22.8 Å². The van der Waals surface area contributed by atoms with Crippen molar-refractivity contribution in [3.05, 3.63) is 45.5 Å². The lowest BCUT2D eigenvalue weighted by atomic mass is 10.1. The van der Waals surface area contributed by atoms with Gasteiger partial charge in [0.05, 0.1) is 0 Å². The summed E-state index contributed by atoms with van der Waals surface area (Å²) in [6.07, 6.45) is 0.782. The van der Waals surface area contributed by atoms with Crippen LogP contribution in [0.4, 0.5) is 0 Å². The number of aromatic nitrogens is 2. The summed E-state index contributed by atoms with van der Waals surface area (Å²) >= 11 is 3.53. The van der Waals surface area contributed by atoms with E-state index in [0.29, 0.717) is 5.89 Å². The summed E-state index contributed by atoms with van der Waals surface area (Å²) in [4.78, 5) is 4.16. The lowest BCUT2D eigenvalue weighted by Gasteiger charge is -2.05. The Morgan fingerprint density at radius 1 is 1.33 bits per heavy atom. The highest BCUT2D eigenvalue weighted by molar-refractivity contribution is 9.10. The fourth-order valence-electron chi connectivity index (χ4n) is 1.62. The second kappa shape index (κ2) is 6.11. The zero-order valence-electron chi connectivity index (χ0n) is 10.5. The lowest BCUT2D eigenvalue weighted by Crippen LogP contribution is -2.17. The van der Waals surface area contributed by atoms with E-state index >= 15 is 0 Å². The van der Waals surface area contributed by atoms with Gasteiger partial charge < -0.3 is 9.84 Å². The van der Waals surface area contributed by atoms with Crippen LogP contribution in [-0.2, 0) is 13.0 Å². The van der Waals surface area contributed by atoms with Crippen molar-refractivity contribution in [3.63, 3.8) is 0 Å². The summed E-state index contributed by atoms with van der Waals surface area (Å²) in [6, 6.07) is 6.38. The smallest absolute Gasteiger partial charge is 0.223 e. The quantitative estimate of drug-likeness (QED) is 0.863. The Bertz CT molecular complexity index is 525. The topological polar surface area (TPSA) is 51.0 Å². The van der Waals surface area contributed by atoms with Gasteiger partial charge in [-0.3, -0.25) is 0 Å². The number of halogens is 1. The van der Waals surface area contributed by atoms with Crippen LogP contribution in [0.3, 0.4) is 0 Å². The van der Waals surface area contributed by atoms with Gasteiger partial charge in [-0.15, -0.1) is 0 Å². The van der Waals surface area contributed by atoms with E-state index < -0.39 is 0 Å². The highest BCUT2D eigenvalue weighted by Gasteiger charge is 2.01. The molecule has 2 aromatic rings. The molecule has 4 nitrogen and oxygen atoms in total. The van der Waals surface area contributed by atoms with Crippen LogP contribution < -0.4 is 5.32 Å². The molecule has 0 aliphatic rings. The number of hydrogen-bond acceptors (Lipinski definition) is 4. The number of rotatable bonds is 5. The van der Waals surface area contributed by atoms with Gasteiger partial charge >= 0.3 is 0 Å². The number of aryl methyl sites for hydroxylation is 2. The molecule has 0 bridgehead atoms. The Kier molecular flexibility index (Phi) is 4.49. The van der Waals surface area contributed by atoms with Gasteiger partial charge in [-0.25, -0.2) is 0 Å². The molecule has 5 heteroatoms. The Balaban J connectivity index is 1.76. The molecule has 1 aromatic carbocycles. The number of hydrogen-bond donors (Lipinski definition) is 1. The Morgan fingerprint density at radius 2 is 2.17 bits per heavy atom. The molecular weight excluding hydrogens is 294 g/mol. The molecule has 2 rings (SSSR count). The molecule has 0 fully saturated rings. The van der Waals surface area contributed by atoms with E-state index in [9.17, 15) is 0 Å². The summed E-state index contributed by atoms with van der Waals surface area (Å²) in [6.45, 7) is 5.56. The van der Waals surface area contributed by atoms with Crippen molar-refractivity contribution in [1.82, 2.24) is 15.5 Å². The van der Waals surface area contributed by atoms with Crippen LogP contribution >= 0.6 is 15.9 Å². The minimum atomic E-state index is 0.618. The predicted octanol–water partition coefficient (Wildman–Crippen LogP) is 2.78. The maximum Gasteiger partial charge on any atom is 0.223 e. The van der Waals surface area contributed by atoms with Gasteiger partial charge in [0.1, 0.15) is 0 Å². The average molecular weight is 310 g/mol. The van der Waals surface area contributed by atoms with Crippen molar-refractivity contribution >= 4 is 15.9 Å². The van der Waals surface area contributed by atoms with Gasteiger partial charge in [-0.05, 0) is 24.1 Å². The SMILES string of the molecule is Cc1nc(CCNCc2ccc(C)c(Br)c2)no1. The van der Waals surface area contributed by atoms with E-state index in [0.717, 1.165) is 29.8 Å². The fourth-order valence-corrected chi connectivity index (χ4v) is 2.05. The normalized spacial score (nSPS) is 10.8. The number of nitrogens with one attached hydrogen (secondary N) is 1. The Hall–Kier alpha value is -1.20. The van der Waals surface area contributed by atoms with Crippen molar-refractivity contribution in [2.24, 2.45) is 0 Å². The van der Waals surface area contributed by atoms with Crippen molar-refractivity contribution in [3.8, 4) is 0 Å². The molecule has 0 unspecified atom stereocenters. The fraction of sp³-hybridized carbons (Fsp3) is 0.385. The molecule has 18 heavy (non-hydrogen) atoms. The molecule has 0 saturated carbocycles. The van der Waals surface area contributed by atoms with E-state index in [4.69, 9.17) is 4.52 Å². The van der Waals surface area contributed by atoms with Crippen LogP contribution in [0, 0.1) is 13.8 Å². The molecule has 0 saturated heterocycles. The highest BCUT2D eigenvalue weighted by Crippen LogP contribution is 2.17. The molecule has 0 aliphatic carbocycles. The molecule has 0 radical (unpaired) electrons. The minimum absolute atomic E-state index is 0.618. The second-order valence-corrected chi connectivity index (χ2v) is 5.09. The lowest BCUT2D eigenvalue weighted by molar-refractivity contribution is 0.387. The maximum atomic E-state index is 4.91. The van der Waals surface area contributed by atoms with Crippen LogP contribution in [0.15, 0.2) is 27.2 Å². The first-order valence-electron chi connectivity index (χ1n) is 5.90. The summed E-state index contributed by atoms with van der Waals surface area (Å²) in [7, 11) is 0. The highest BCUT2D eigenvalue weighted by atomic mass is 79.9. The van der Waals surface area contributed by atoms with E-state index in [1.165, 1.54) is 11.1 Å². The third kappa shape index (κ3) is 3.65. The zero-order valence-corrected chi connectivity index (χ0v) is 12.1. The van der Waals surface area contributed by atoms with Gasteiger partial charge in [-0.2, -0.15) is 4.98 Å². The second-order valence-electron chi connectivity index (χ2n) is 4.24. The molecular formula is C13H16BrN3O. The first kappa shape index (κ1) is 13.2. The van der Waals surface area contributed by atoms with E-state index in [2.05, 4.69) is 56.5 Å². The first-order chi connectivity index (χ1) is 8.65. The monoisotopic (exact) mass is 309 g/mol. The summed E-state index contributed by atoms with van der Waals surface area (Å²) in [5.41, 5.74) is 2.51. The largest absolute Gasteiger partial charge is 0.340 e. The summed E-state index contributed by atoms with van der Waals surface area (Å²) < 4.78 is 6.06. The van der Waals surface area contributed by atoms with E-state index in [-0.39, 0.29) is 0 Å². The molecule has 1 aromatic heterocycles. The zero-order chi connectivity index (χ0) is 13.0. The predicted molar refractivity (Wildman–Crippen MR) is 73.3 cm³/mol. The van der Waals surface area contributed by atoms with Gasteiger partial charge in [-0.1, -0.05) is 33.2 Å². The van der Waals surface area contributed by atoms with Crippen molar-refractivity contribution in [2.75, 3.05) is 6.54 Å². The molecule has 0 aliphatic heterocycles. The first-order valence-corrected chi connectivity index (χ1v) is 6.69. The molecule has 96 valence electrons. The van der Waals surface area contributed by atoms with Crippen LogP contribution in [0.25, 0.3) is 0 Å². The Labute approximate surface area is 115 Å². The molecule has 1 N–H and O–H groups in total. The van der Waals surface area contributed by atoms with Gasteiger partial charge in [0.25, 0.3) is 0 Å². The molecule has 0 amide bonds. The summed E-state index contributed by atoms with van der Waals surface area (Å²) in [5.74, 6) is 1.37. The van der Waals surface area contributed by atoms with Gasteiger partial charge in [0.15, 0.2) is 5.82 Å². The van der Waals surface area contributed by atoms with Gasteiger partial charge in [0, 0.05) is 30.9 Å². The maximum absolute atomic E-state index is 4.91. The third-order valence-corrected chi connectivity index (χ3v) is 3.51. The van der Waals surface area contributed by atoms with Crippen molar-refractivity contribution in [2.45, 2.75) is 26.8 Å². The van der Waals surface area contributed by atoms with Crippen LogP contribution in [0.2, 0.25) is 0 Å². The van der Waals surface area contributed by atoms with E-state index in [1.807, 2.05) is 0 Å². The van der Waals surface area contributed by atoms with Crippen molar-refractivity contribution in [1.29, 1.82) is 0 Å². The molecule has 0 spiro atoms. The van der Waals surface area contributed by atoms with Crippen LogP contribution in [-0.4, -0.2) is 16.7 Å². The Morgan fingerprint density at radius 3 is 2.83 bits per heavy atom. The molecule has 0 atom stereocenters. The standard InChI is InChI=1S/C13H16BrN3O/c1-9-3-4-11(7-12(9)14)8-15-6-5-13-16-10(2)18-17-13/h3-4,7,15H,5-6,8H2,1-2H3. The third-order valence-electron chi connectivity index (χ3n) is 2.66. The van der Waals surface area contributed by atoms with Crippen LogP contribution in [0.5, 0.6) is 0 Å². The number of benzene rings is 1. The van der Waals surface area contributed by atoms with Gasteiger partial charge in [0.2, 0.25) is 5.89 Å². The summed E-state index contributed by atoms with van der Waals surface area (Å²) in [5, 5.41) is 7.22. The van der Waals surface area contributed by atoms with Crippen molar-refractivity contribution < 1.29 is 4.52 Å². The number of nitrogens with zero attached hydrogens (tertiary/aromatic N) is 2.